The van der Waals surface area contributed by atoms with Crippen molar-refractivity contribution in [3.05, 3.63) is 24.0 Å². The normalized spacial score (nSPS) is 9.56. The van der Waals surface area contributed by atoms with Gasteiger partial charge in [0.25, 0.3) is 0 Å². The summed E-state index contributed by atoms with van der Waals surface area (Å²) in [6.07, 6.45) is 1.52. The highest BCUT2D eigenvalue weighted by atomic mass is 19.2. The molecular weight excluding hydrogens is 128 g/mol. The molecule has 1 N–H and O–H groups in total. The summed E-state index contributed by atoms with van der Waals surface area (Å²) in [5.74, 6) is -3.17. The summed E-state index contributed by atoms with van der Waals surface area (Å²) in [6.45, 7) is 0. The Kier molecular flexibility index (Phi) is 1.30. The second-order valence-electron chi connectivity index (χ2n) is 1.45. The van der Waals surface area contributed by atoms with Gasteiger partial charge in [0.1, 0.15) is 0 Å². The third kappa shape index (κ3) is 0.960. The smallest absolute Gasteiger partial charge is 0.203 e. The van der Waals surface area contributed by atoms with Gasteiger partial charge in [0.15, 0.2) is 11.6 Å². The third-order valence-electron chi connectivity index (χ3n) is 0.819. The summed E-state index contributed by atoms with van der Waals surface area (Å²) >= 11 is 0. The molecule has 9 heavy (non-hydrogen) atoms. The van der Waals surface area contributed by atoms with Crippen molar-refractivity contribution in [2.45, 2.75) is 0 Å². The van der Waals surface area contributed by atoms with Gasteiger partial charge in [-0.2, -0.15) is 4.39 Å². The first kappa shape index (κ1) is 5.94. The van der Waals surface area contributed by atoms with Crippen molar-refractivity contribution >= 4 is 0 Å². The van der Waals surface area contributed by atoms with Gasteiger partial charge in [0.2, 0.25) is 5.82 Å². The van der Waals surface area contributed by atoms with Crippen LogP contribution in [0, 0.1) is 11.6 Å². The van der Waals surface area contributed by atoms with Crippen molar-refractivity contribution < 1.29 is 13.9 Å². The van der Waals surface area contributed by atoms with Gasteiger partial charge in [-0.1, -0.05) is 0 Å². The zero-order chi connectivity index (χ0) is 6.85. The van der Waals surface area contributed by atoms with Crippen LogP contribution in [0.3, 0.4) is 0 Å². The van der Waals surface area contributed by atoms with Crippen molar-refractivity contribution in [3.8, 4) is 5.75 Å². The summed E-state index contributed by atoms with van der Waals surface area (Å²) in [5, 5.41) is 8.42. The maximum Gasteiger partial charge on any atom is 0.203 e. The first-order valence-electron chi connectivity index (χ1n) is 2.20. The molecule has 0 saturated heterocycles. The van der Waals surface area contributed by atoms with Crippen LogP contribution in [0.4, 0.5) is 8.78 Å². The zero-order valence-corrected chi connectivity index (χ0v) is 4.31. The molecule has 0 saturated carbocycles. The van der Waals surface area contributed by atoms with Gasteiger partial charge in [0.05, 0.1) is 12.4 Å². The van der Waals surface area contributed by atoms with E-state index < -0.39 is 17.4 Å². The van der Waals surface area contributed by atoms with Crippen LogP contribution in [0.15, 0.2) is 12.4 Å². The lowest BCUT2D eigenvalue weighted by Crippen LogP contribution is -1.84. The molecule has 0 spiro atoms. The number of aromatic nitrogens is 1. The van der Waals surface area contributed by atoms with Crippen LogP contribution >= 0.6 is 0 Å². The molecule has 0 aliphatic carbocycles. The molecule has 0 aromatic carbocycles. The maximum atomic E-state index is 12.1. The van der Waals surface area contributed by atoms with E-state index in [2.05, 4.69) is 4.98 Å². The summed E-state index contributed by atoms with van der Waals surface area (Å²) in [7, 11) is 0. The number of hydrogen-bond acceptors (Lipinski definition) is 2. The number of aromatic hydroxyl groups is 1. The molecule has 0 unspecified atom stereocenters. The maximum absolute atomic E-state index is 12.1. The second-order valence-corrected chi connectivity index (χ2v) is 1.45. The number of rotatable bonds is 0. The molecule has 0 amide bonds. The van der Waals surface area contributed by atoms with Gasteiger partial charge < -0.3 is 5.11 Å². The Hall–Kier alpha value is -1.19. The topological polar surface area (TPSA) is 33.1 Å². The second kappa shape index (κ2) is 1.97. The van der Waals surface area contributed by atoms with E-state index in [-0.39, 0.29) is 0 Å². The van der Waals surface area contributed by atoms with E-state index in [9.17, 15) is 8.78 Å². The summed E-state index contributed by atoms with van der Waals surface area (Å²) < 4.78 is 24.0. The predicted octanol–water partition coefficient (Wildman–Crippen LogP) is 1.07. The fraction of sp³-hybridized carbons (Fsp3) is 0. The van der Waals surface area contributed by atoms with Crippen LogP contribution in [0.1, 0.15) is 0 Å². The average molecular weight is 131 g/mol. The lowest BCUT2D eigenvalue weighted by molar-refractivity contribution is 0.402. The highest BCUT2D eigenvalue weighted by Crippen LogP contribution is 2.14. The average Bonchev–Trinajstić information content (AvgIpc) is 1.83. The molecular formula is C5H3F2NO. The fourth-order valence-electron chi connectivity index (χ4n) is 0.409. The first-order chi connectivity index (χ1) is 4.22. The van der Waals surface area contributed by atoms with Gasteiger partial charge in [-0.15, -0.1) is 0 Å². The first-order valence-corrected chi connectivity index (χ1v) is 2.20. The third-order valence-corrected chi connectivity index (χ3v) is 0.819. The minimum absolute atomic E-state index is 0.690. The zero-order valence-electron chi connectivity index (χ0n) is 4.31. The minimum Gasteiger partial charge on any atom is -0.504 e. The molecule has 4 heteroatoms. The molecule has 0 bridgehead atoms. The summed E-state index contributed by atoms with van der Waals surface area (Å²) in [4.78, 5) is 3.18. The molecule has 0 aliphatic heterocycles. The van der Waals surface area contributed by atoms with Crippen molar-refractivity contribution in [3.63, 3.8) is 0 Å². The fourth-order valence-corrected chi connectivity index (χ4v) is 0.409. The molecule has 0 atom stereocenters. The number of hydrogen-bond donors (Lipinski definition) is 1. The number of halogens is 2. The number of pyridine rings is 1. The van der Waals surface area contributed by atoms with E-state index >= 15 is 0 Å². The summed E-state index contributed by atoms with van der Waals surface area (Å²) in [6, 6.07) is 0. The highest BCUT2D eigenvalue weighted by Gasteiger charge is 2.04. The Balaban J connectivity index is 3.25. The van der Waals surface area contributed by atoms with Crippen LogP contribution in [0.25, 0.3) is 0 Å². The van der Waals surface area contributed by atoms with Gasteiger partial charge in [-0.05, 0) is 0 Å². The van der Waals surface area contributed by atoms with Gasteiger partial charge >= 0.3 is 0 Å². The molecule has 1 rings (SSSR count). The van der Waals surface area contributed by atoms with Crippen molar-refractivity contribution in [2.24, 2.45) is 0 Å². The molecule has 0 radical (unpaired) electrons. The quantitative estimate of drug-likeness (QED) is 0.571. The van der Waals surface area contributed by atoms with Gasteiger partial charge in [-0.3, -0.25) is 4.98 Å². The molecule has 1 heterocycles. The van der Waals surface area contributed by atoms with E-state index in [1.165, 1.54) is 0 Å². The van der Waals surface area contributed by atoms with E-state index in [1.807, 2.05) is 0 Å². The van der Waals surface area contributed by atoms with Crippen LogP contribution in [-0.4, -0.2) is 10.1 Å². The van der Waals surface area contributed by atoms with Crippen LogP contribution in [0.5, 0.6) is 5.75 Å². The number of nitrogens with zero attached hydrogens (tertiary/aromatic N) is 1. The Morgan fingerprint density at radius 1 is 1.33 bits per heavy atom. The minimum atomic E-state index is -1.26. The molecule has 0 aliphatic rings. The lowest BCUT2D eigenvalue weighted by Gasteiger charge is -1.91. The standard InChI is InChI=1S/C5H3F2NO/c6-3-1-8-2-4(9)5(3)7/h1-2,9H. The monoisotopic (exact) mass is 131 g/mol. The largest absolute Gasteiger partial charge is 0.504 e. The van der Waals surface area contributed by atoms with E-state index in [0.717, 1.165) is 6.20 Å². The Labute approximate surface area is 49.8 Å². The Morgan fingerprint density at radius 3 is 2.44 bits per heavy atom. The molecule has 1 aromatic heterocycles. The van der Waals surface area contributed by atoms with E-state index in [4.69, 9.17) is 5.11 Å². The van der Waals surface area contributed by atoms with E-state index in [0.29, 0.717) is 6.20 Å². The van der Waals surface area contributed by atoms with Crippen LogP contribution in [0.2, 0.25) is 0 Å². The molecule has 0 fully saturated rings. The van der Waals surface area contributed by atoms with Crippen molar-refractivity contribution in [2.75, 3.05) is 0 Å². The molecule has 1 aromatic rings. The lowest BCUT2D eigenvalue weighted by atomic mass is 10.4. The Morgan fingerprint density at radius 2 is 2.00 bits per heavy atom. The van der Waals surface area contributed by atoms with Crippen molar-refractivity contribution in [1.82, 2.24) is 4.98 Å². The van der Waals surface area contributed by atoms with Gasteiger partial charge in [0, 0.05) is 0 Å². The van der Waals surface area contributed by atoms with Crippen LogP contribution < -0.4 is 0 Å². The van der Waals surface area contributed by atoms with Crippen molar-refractivity contribution in [1.29, 1.82) is 0 Å². The van der Waals surface area contributed by atoms with Gasteiger partial charge in [-0.25, -0.2) is 4.39 Å². The SMILES string of the molecule is Oc1cncc(F)c1F. The summed E-state index contributed by atoms with van der Waals surface area (Å²) in [5.41, 5.74) is 0. The molecule has 2 nitrogen and oxygen atoms in total. The Bertz CT molecular complexity index is 206. The van der Waals surface area contributed by atoms with Crippen LogP contribution in [-0.2, 0) is 0 Å². The highest BCUT2D eigenvalue weighted by molar-refractivity contribution is 5.17. The van der Waals surface area contributed by atoms with E-state index in [1.54, 1.807) is 0 Å². The predicted molar refractivity (Wildman–Crippen MR) is 25.8 cm³/mol. The molecule has 48 valence electrons.